The summed E-state index contributed by atoms with van der Waals surface area (Å²) in [6.07, 6.45) is -4.52. The Hall–Kier alpha value is -3.46. The maximum atomic E-state index is 13.3. The molecule has 0 aliphatic carbocycles. The standard InChI is InChI=1S/C25H22F3N3O2S/c1-16(22-8-5-13-34-22)29-23(32)12-10-19-24(33)31(15-17-6-3-2-4-7-17)21-11-9-18(25(26,27)28)14-20(21)30-19/h2-9,11,13-14,16H,10,12,15H2,1H3,(H,29,32)/t16-/m1/s1. The van der Waals surface area contributed by atoms with Crippen molar-refractivity contribution in [3.8, 4) is 0 Å². The highest BCUT2D eigenvalue weighted by Crippen LogP contribution is 2.31. The average molecular weight is 486 g/mol. The first kappa shape index (κ1) is 23.7. The molecule has 2 aromatic carbocycles. The lowest BCUT2D eigenvalue weighted by Gasteiger charge is -2.15. The molecule has 0 aliphatic heterocycles. The summed E-state index contributed by atoms with van der Waals surface area (Å²) >= 11 is 1.53. The van der Waals surface area contributed by atoms with Gasteiger partial charge in [-0.05, 0) is 42.1 Å². The van der Waals surface area contributed by atoms with Gasteiger partial charge in [0.05, 0.1) is 29.2 Å². The van der Waals surface area contributed by atoms with Crippen LogP contribution in [0.3, 0.4) is 0 Å². The molecule has 0 aliphatic rings. The minimum atomic E-state index is -4.53. The zero-order valence-corrected chi connectivity index (χ0v) is 19.1. The molecule has 9 heteroatoms. The second kappa shape index (κ2) is 9.80. The molecule has 5 nitrogen and oxygen atoms in total. The fraction of sp³-hybridized carbons (Fsp3) is 0.240. The van der Waals surface area contributed by atoms with E-state index in [0.29, 0.717) is 5.52 Å². The van der Waals surface area contributed by atoms with E-state index < -0.39 is 17.3 Å². The Morgan fingerprint density at radius 2 is 1.88 bits per heavy atom. The van der Waals surface area contributed by atoms with E-state index in [1.54, 1.807) is 0 Å². The molecule has 176 valence electrons. The Labute approximate surface area is 197 Å². The number of hydrogen-bond acceptors (Lipinski definition) is 4. The summed E-state index contributed by atoms with van der Waals surface area (Å²) in [5.74, 6) is -0.263. The van der Waals surface area contributed by atoms with Gasteiger partial charge in [-0.1, -0.05) is 36.4 Å². The molecule has 0 saturated carbocycles. The van der Waals surface area contributed by atoms with Crippen molar-refractivity contribution in [1.29, 1.82) is 0 Å². The molecule has 1 atom stereocenters. The number of nitrogens with zero attached hydrogens (tertiary/aromatic N) is 2. The molecule has 0 radical (unpaired) electrons. The van der Waals surface area contributed by atoms with Gasteiger partial charge in [0.2, 0.25) is 5.91 Å². The van der Waals surface area contributed by atoms with Crippen LogP contribution in [0.1, 0.15) is 41.1 Å². The van der Waals surface area contributed by atoms with E-state index in [1.807, 2.05) is 54.8 Å². The lowest BCUT2D eigenvalue weighted by molar-refractivity contribution is -0.137. The zero-order chi connectivity index (χ0) is 24.3. The number of carbonyl (C=O) groups excluding carboxylic acids is 1. The van der Waals surface area contributed by atoms with Crippen LogP contribution in [0.2, 0.25) is 0 Å². The third kappa shape index (κ3) is 5.36. The summed E-state index contributed by atoms with van der Waals surface area (Å²) in [5, 5.41) is 4.80. The molecule has 4 aromatic rings. The van der Waals surface area contributed by atoms with Crippen LogP contribution in [-0.2, 0) is 23.9 Å². The van der Waals surface area contributed by atoms with Crippen LogP contribution in [-0.4, -0.2) is 15.5 Å². The molecule has 4 rings (SSSR count). The van der Waals surface area contributed by atoms with Crippen molar-refractivity contribution in [3.63, 3.8) is 0 Å². The predicted octanol–water partition coefficient (Wildman–Crippen LogP) is 5.34. The number of nitrogens with one attached hydrogen (secondary N) is 1. The number of amides is 1. The molecule has 0 bridgehead atoms. The summed E-state index contributed by atoms with van der Waals surface area (Å²) < 4.78 is 41.3. The minimum absolute atomic E-state index is 0.00619. The second-order valence-electron chi connectivity index (χ2n) is 7.94. The van der Waals surface area contributed by atoms with Crippen molar-refractivity contribution in [2.24, 2.45) is 0 Å². The van der Waals surface area contributed by atoms with Crippen molar-refractivity contribution in [2.75, 3.05) is 0 Å². The van der Waals surface area contributed by atoms with E-state index in [2.05, 4.69) is 10.3 Å². The maximum Gasteiger partial charge on any atom is 0.416 e. The highest BCUT2D eigenvalue weighted by Gasteiger charge is 2.31. The van der Waals surface area contributed by atoms with Gasteiger partial charge in [0, 0.05) is 17.7 Å². The monoisotopic (exact) mass is 485 g/mol. The third-order valence-corrected chi connectivity index (χ3v) is 6.52. The molecule has 0 spiro atoms. The Balaban J connectivity index is 1.65. The van der Waals surface area contributed by atoms with Crippen LogP contribution in [0, 0.1) is 0 Å². The normalized spacial score (nSPS) is 12.6. The van der Waals surface area contributed by atoms with E-state index >= 15 is 0 Å². The first-order valence-electron chi connectivity index (χ1n) is 10.7. The van der Waals surface area contributed by atoms with Crippen molar-refractivity contribution < 1.29 is 18.0 Å². The van der Waals surface area contributed by atoms with E-state index in [0.717, 1.165) is 22.6 Å². The second-order valence-corrected chi connectivity index (χ2v) is 8.92. The fourth-order valence-electron chi connectivity index (χ4n) is 3.72. The molecule has 0 unspecified atom stereocenters. The van der Waals surface area contributed by atoms with Gasteiger partial charge >= 0.3 is 6.18 Å². The van der Waals surface area contributed by atoms with E-state index in [9.17, 15) is 22.8 Å². The van der Waals surface area contributed by atoms with Gasteiger partial charge in [-0.2, -0.15) is 13.2 Å². The quantitative estimate of drug-likeness (QED) is 0.385. The summed E-state index contributed by atoms with van der Waals surface area (Å²) in [6, 6.07) is 16.0. The lowest BCUT2D eigenvalue weighted by atomic mass is 10.1. The zero-order valence-electron chi connectivity index (χ0n) is 18.3. The Morgan fingerprint density at radius 3 is 2.56 bits per heavy atom. The van der Waals surface area contributed by atoms with E-state index in [1.165, 1.54) is 22.0 Å². The van der Waals surface area contributed by atoms with Crippen molar-refractivity contribution in [2.45, 2.75) is 38.5 Å². The Morgan fingerprint density at radius 1 is 1.12 bits per heavy atom. The third-order valence-electron chi connectivity index (χ3n) is 5.46. The topological polar surface area (TPSA) is 64.0 Å². The first-order valence-corrected chi connectivity index (χ1v) is 11.6. The average Bonchev–Trinajstić information content (AvgIpc) is 3.35. The Kier molecular flexibility index (Phi) is 6.83. The van der Waals surface area contributed by atoms with Crippen molar-refractivity contribution in [3.05, 3.63) is 98.1 Å². The summed E-state index contributed by atoms with van der Waals surface area (Å²) in [4.78, 5) is 30.9. The Bertz CT molecular complexity index is 1350. The summed E-state index contributed by atoms with van der Waals surface area (Å²) in [7, 11) is 0. The smallest absolute Gasteiger partial charge is 0.349 e. The van der Waals surface area contributed by atoms with Crippen LogP contribution in [0.25, 0.3) is 11.0 Å². The van der Waals surface area contributed by atoms with Crippen LogP contribution < -0.4 is 10.9 Å². The van der Waals surface area contributed by atoms with Gasteiger partial charge in [-0.25, -0.2) is 4.98 Å². The minimum Gasteiger partial charge on any atom is -0.349 e. The molecule has 0 fully saturated rings. The number of fused-ring (bicyclic) bond motifs is 1. The van der Waals surface area contributed by atoms with Crippen LogP contribution in [0.5, 0.6) is 0 Å². The molecule has 34 heavy (non-hydrogen) atoms. The number of alkyl halides is 3. The van der Waals surface area contributed by atoms with E-state index in [4.69, 9.17) is 0 Å². The number of rotatable bonds is 7. The number of aromatic nitrogens is 2. The van der Waals surface area contributed by atoms with Crippen LogP contribution >= 0.6 is 11.3 Å². The van der Waals surface area contributed by atoms with Crippen LogP contribution in [0.15, 0.2) is 70.8 Å². The van der Waals surface area contributed by atoms with Gasteiger partial charge in [0.15, 0.2) is 0 Å². The maximum absolute atomic E-state index is 13.3. The number of aryl methyl sites for hydroxylation is 1. The molecule has 2 aromatic heterocycles. The van der Waals surface area contributed by atoms with Gasteiger partial charge in [0.1, 0.15) is 5.69 Å². The van der Waals surface area contributed by atoms with Gasteiger partial charge in [0.25, 0.3) is 5.56 Å². The summed E-state index contributed by atoms with van der Waals surface area (Å²) in [5.41, 5.74) is -0.0117. The molecule has 1 amide bonds. The SMILES string of the molecule is C[C@@H](NC(=O)CCc1nc2cc(C(F)(F)F)ccc2n(Cc2ccccc2)c1=O)c1cccs1. The molecular formula is C25H22F3N3O2S. The van der Waals surface area contributed by atoms with Gasteiger partial charge in [-0.3, -0.25) is 9.59 Å². The van der Waals surface area contributed by atoms with Gasteiger partial charge in [-0.15, -0.1) is 11.3 Å². The van der Waals surface area contributed by atoms with Crippen LogP contribution in [0.4, 0.5) is 13.2 Å². The predicted molar refractivity (Wildman–Crippen MR) is 126 cm³/mol. The highest BCUT2D eigenvalue weighted by molar-refractivity contribution is 7.10. The van der Waals surface area contributed by atoms with E-state index in [-0.39, 0.29) is 42.5 Å². The first-order chi connectivity index (χ1) is 16.2. The summed E-state index contributed by atoms with van der Waals surface area (Å²) in [6.45, 7) is 2.04. The van der Waals surface area contributed by atoms with Crippen molar-refractivity contribution >= 4 is 28.3 Å². The molecule has 0 saturated heterocycles. The number of benzene rings is 2. The number of thiophene rings is 1. The largest absolute Gasteiger partial charge is 0.416 e. The van der Waals surface area contributed by atoms with Gasteiger partial charge < -0.3 is 9.88 Å². The highest BCUT2D eigenvalue weighted by atomic mass is 32.1. The number of hydrogen-bond donors (Lipinski definition) is 1. The molecular weight excluding hydrogens is 463 g/mol. The lowest BCUT2D eigenvalue weighted by Crippen LogP contribution is -2.29. The van der Waals surface area contributed by atoms with Crippen molar-refractivity contribution in [1.82, 2.24) is 14.9 Å². The molecule has 1 N–H and O–H groups in total. The fourth-order valence-corrected chi connectivity index (χ4v) is 4.45. The molecule has 2 heterocycles. The number of carbonyl (C=O) groups is 1. The number of halogens is 3.